The fourth-order valence-electron chi connectivity index (χ4n) is 3.83. The Balaban J connectivity index is 1.48. The van der Waals surface area contributed by atoms with Crippen molar-refractivity contribution in [3.05, 3.63) is 102 Å². The van der Waals surface area contributed by atoms with Crippen molar-refractivity contribution >= 4 is 5.91 Å². The molecule has 174 valence electrons. The molecule has 0 fully saturated rings. The predicted molar refractivity (Wildman–Crippen MR) is 131 cm³/mol. The van der Waals surface area contributed by atoms with Crippen molar-refractivity contribution in [3.63, 3.8) is 0 Å². The van der Waals surface area contributed by atoms with Crippen LogP contribution in [0, 0.1) is 0 Å². The van der Waals surface area contributed by atoms with E-state index in [0.29, 0.717) is 18.8 Å². The SMILES string of the molecule is CCO[C@H](Cc1cccc(-c2cc(-c3ccccc3)on2)c1)C(=O)N[C@@H](CO)c1ccccc1. The van der Waals surface area contributed by atoms with Crippen molar-refractivity contribution in [1.82, 2.24) is 10.5 Å². The number of hydrogen-bond donors (Lipinski definition) is 2. The smallest absolute Gasteiger partial charge is 0.250 e. The average Bonchev–Trinajstić information content (AvgIpc) is 3.39. The van der Waals surface area contributed by atoms with Crippen LogP contribution in [-0.2, 0) is 16.0 Å². The molecular weight excluding hydrogens is 428 g/mol. The maximum Gasteiger partial charge on any atom is 0.250 e. The number of carbonyl (C=O) groups excluding carboxylic acids is 1. The number of hydrogen-bond acceptors (Lipinski definition) is 5. The molecule has 4 rings (SSSR count). The first kappa shape index (κ1) is 23.4. The summed E-state index contributed by atoms with van der Waals surface area (Å²) in [5, 5.41) is 16.9. The summed E-state index contributed by atoms with van der Waals surface area (Å²) in [6, 6.07) is 28.5. The summed E-state index contributed by atoms with van der Waals surface area (Å²) >= 11 is 0. The Morgan fingerprint density at radius 2 is 1.68 bits per heavy atom. The number of aliphatic hydroxyl groups excluding tert-OH is 1. The molecule has 6 heteroatoms. The van der Waals surface area contributed by atoms with Gasteiger partial charge >= 0.3 is 0 Å². The summed E-state index contributed by atoms with van der Waals surface area (Å²) in [6.07, 6.45) is -0.292. The van der Waals surface area contributed by atoms with Crippen molar-refractivity contribution in [2.24, 2.45) is 0 Å². The predicted octanol–water partition coefficient (Wildman–Crippen LogP) is 4.81. The van der Waals surface area contributed by atoms with E-state index in [9.17, 15) is 9.90 Å². The summed E-state index contributed by atoms with van der Waals surface area (Å²) in [5.41, 5.74) is 4.37. The Kier molecular flexibility index (Phi) is 7.86. The second-order valence-corrected chi connectivity index (χ2v) is 7.95. The zero-order valence-electron chi connectivity index (χ0n) is 19.1. The van der Waals surface area contributed by atoms with Crippen LogP contribution >= 0.6 is 0 Å². The molecule has 1 amide bonds. The Morgan fingerprint density at radius 3 is 2.38 bits per heavy atom. The summed E-state index contributed by atoms with van der Waals surface area (Å²) in [5.74, 6) is 0.437. The van der Waals surface area contributed by atoms with Gasteiger partial charge in [-0.25, -0.2) is 0 Å². The van der Waals surface area contributed by atoms with E-state index in [1.165, 1.54) is 0 Å². The van der Waals surface area contributed by atoms with E-state index in [2.05, 4.69) is 10.5 Å². The summed E-state index contributed by atoms with van der Waals surface area (Å²) in [7, 11) is 0. The summed E-state index contributed by atoms with van der Waals surface area (Å²) in [4.78, 5) is 13.0. The van der Waals surface area contributed by atoms with Gasteiger partial charge in [0, 0.05) is 30.2 Å². The number of nitrogens with one attached hydrogen (secondary N) is 1. The van der Waals surface area contributed by atoms with Crippen molar-refractivity contribution in [2.75, 3.05) is 13.2 Å². The van der Waals surface area contributed by atoms with Gasteiger partial charge in [-0.05, 0) is 24.1 Å². The highest BCUT2D eigenvalue weighted by Gasteiger charge is 2.23. The molecule has 0 aliphatic carbocycles. The maximum atomic E-state index is 13.0. The monoisotopic (exact) mass is 456 g/mol. The van der Waals surface area contributed by atoms with Crippen molar-refractivity contribution in [3.8, 4) is 22.6 Å². The van der Waals surface area contributed by atoms with Gasteiger partial charge in [-0.3, -0.25) is 4.79 Å². The topological polar surface area (TPSA) is 84.6 Å². The molecule has 1 heterocycles. The first-order valence-electron chi connectivity index (χ1n) is 11.4. The van der Waals surface area contributed by atoms with Crippen molar-refractivity contribution in [2.45, 2.75) is 25.5 Å². The van der Waals surface area contributed by atoms with Crippen molar-refractivity contribution < 1.29 is 19.2 Å². The van der Waals surface area contributed by atoms with Crippen LogP contribution in [0.2, 0.25) is 0 Å². The number of ether oxygens (including phenoxy) is 1. The first-order chi connectivity index (χ1) is 16.7. The molecule has 4 aromatic rings. The molecule has 0 aliphatic heterocycles. The summed E-state index contributed by atoms with van der Waals surface area (Å²) < 4.78 is 11.3. The lowest BCUT2D eigenvalue weighted by molar-refractivity contribution is -0.133. The largest absolute Gasteiger partial charge is 0.394 e. The van der Waals surface area contributed by atoms with E-state index >= 15 is 0 Å². The van der Waals surface area contributed by atoms with Crippen LogP contribution in [0.15, 0.2) is 95.5 Å². The van der Waals surface area contributed by atoms with Gasteiger partial charge < -0.3 is 19.7 Å². The molecule has 1 aromatic heterocycles. The zero-order valence-corrected chi connectivity index (χ0v) is 19.1. The van der Waals surface area contributed by atoms with E-state index in [4.69, 9.17) is 9.26 Å². The molecular formula is C28H28N2O4. The number of aliphatic hydroxyl groups is 1. The zero-order chi connectivity index (χ0) is 23.8. The van der Waals surface area contributed by atoms with E-state index in [0.717, 1.165) is 27.9 Å². The molecule has 0 bridgehead atoms. The molecule has 6 nitrogen and oxygen atoms in total. The van der Waals surface area contributed by atoms with E-state index in [1.54, 1.807) is 0 Å². The minimum Gasteiger partial charge on any atom is -0.394 e. The fraction of sp³-hybridized carbons (Fsp3) is 0.214. The number of rotatable bonds is 10. The van der Waals surface area contributed by atoms with Gasteiger partial charge in [-0.1, -0.05) is 84.0 Å². The van der Waals surface area contributed by atoms with E-state index < -0.39 is 12.1 Å². The Bertz CT molecular complexity index is 1190. The van der Waals surface area contributed by atoms with Crippen LogP contribution in [0.4, 0.5) is 0 Å². The second kappa shape index (κ2) is 11.4. The summed E-state index contributed by atoms with van der Waals surface area (Å²) in [6.45, 7) is 2.06. The molecule has 0 radical (unpaired) electrons. The van der Waals surface area contributed by atoms with Gasteiger partial charge in [0.05, 0.1) is 12.6 Å². The third-order valence-corrected chi connectivity index (χ3v) is 5.57. The van der Waals surface area contributed by atoms with Crippen LogP contribution in [0.5, 0.6) is 0 Å². The number of carbonyl (C=O) groups is 1. The van der Waals surface area contributed by atoms with Gasteiger partial charge in [0.1, 0.15) is 11.8 Å². The minimum absolute atomic E-state index is 0.194. The molecule has 0 unspecified atom stereocenters. The number of nitrogens with zero attached hydrogens (tertiary/aromatic N) is 1. The Hall–Kier alpha value is -3.74. The third kappa shape index (κ3) is 5.78. The quantitative estimate of drug-likeness (QED) is 0.358. The number of amides is 1. The molecule has 2 N–H and O–H groups in total. The standard InChI is InChI=1S/C28H28N2O4/c1-2-33-27(28(32)29-25(19-31)21-11-5-3-6-12-21)17-20-10-9-15-23(16-20)24-18-26(34-30-24)22-13-7-4-8-14-22/h3-16,18,25,27,31H,2,17,19H2,1H3,(H,29,32)/t25-,27+/m0/s1. The highest BCUT2D eigenvalue weighted by molar-refractivity contribution is 5.81. The molecule has 34 heavy (non-hydrogen) atoms. The number of benzene rings is 3. The third-order valence-electron chi connectivity index (χ3n) is 5.57. The van der Waals surface area contributed by atoms with Gasteiger partial charge in [0.25, 0.3) is 0 Å². The van der Waals surface area contributed by atoms with Crippen LogP contribution in [0.1, 0.15) is 24.1 Å². The maximum absolute atomic E-state index is 13.0. The van der Waals surface area contributed by atoms with E-state index in [1.807, 2.05) is 97.9 Å². The normalized spacial score (nSPS) is 12.8. The lowest BCUT2D eigenvalue weighted by Crippen LogP contribution is -2.41. The molecule has 3 aromatic carbocycles. The fourth-order valence-corrected chi connectivity index (χ4v) is 3.83. The van der Waals surface area contributed by atoms with Crippen LogP contribution in [0.3, 0.4) is 0 Å². The lowest BCUT2D eigenvalue weighted by Gasteiger charge is -2.22. The van der Waals surface area contributed by atoms with Gasteiger partial charge in [0.15, 0.2) is 5.76 Å². The highest BCUT2D eigenvalue weighted by Crippen LogP contribution is 2.27. The average molecular weight is 457 g/mol. The van der Waals surface area contributed by atoms with Crippen LogP contribution in [0.25, 0.3) is 22.6 Å². The highest BCUT2D eigenvalue weighted by atomic mass is 16.5. The minimum atomic E-state index is -0.685. The molecule has 0 saturated carbocycles. The Labute approximate surface area is 199 Å². The van der Waals surface area contributed by atoms with E-state index in [-0.39, 0.29) is 12.5 Å². The molecule has 0 aliphatic rings. The van der Waals surface area contributed by atoms with Gasteiger partial charge in [0.2, 0.25) is 5.91 Å². The lowest BCUT2D eigenvalue weighted by atomic mass is 10.0. The molecule has 2 atom stereocenters. The van der Waals surface area contributed by atoms with Gasteiger partial charge in [-0.15, -0.1) is 0 Å². The Morgan fingerprint density at radius 1 is 0.971 bits per heavy atom. The number of aromatic nitrogens is 1. The van der Waals surface area contributed by atoms with Crippen LogP contribution in [-0.4, -0.2) is 35.5 Å². The molecule has 0 spiro atoms. The van der Waals surface area contributed by atoms with Gasteiger partial charge in [-0.2, -0.15) is 0 Å². The first-order valence-corrected chi connectivity index (χ1v) is 11.4. The van der Waals surface area contributed by atoms with Crippen molar-refractivity contribution in [1.29, 1.82) is 0 Å². The molecule has 0 saturated heterocycles. The second-order valence-electron chi connectivity index (χ2n) is 7.95. The van der Waals surface area contributed by atoms with Crippen LogP contribution < -0.4 is 5.32 Å².